The molecule has 0 aliphatic rings. The van der Waals surface area contributed by atoms with Crippen LogP contribution in [0.1, 0.15) is 37.0 Å². The molecule has 236 valence electrons. The number of anilines is 1. The van der Waals surface area contributed by atoms with Crippen LogP contribution < -0.4 is 9.62 Å². The van der Waals surface area contributed by atoms with Gasteiger partial charge in [-0.1, -0.05) is 101 Å². The Balaban J connectivity index is 1.83. The Morgan fingerprint density at radius 3 is 2.16 bits per heavy atom. The molecule has 4 aromatic carbocycles. The molecule has 0 radical (unpaired) electrons. The van der Waals surface area contributed by atoms with Gasteiger partial charge in [-0.2, -0.15) is 0 Å². The van der Waals surface area contributed by atoms with Crippen LogP contribution in [0.15, 0.2) is 112 Å². The summed E-state index contributed by atoms with van der Waals surface area (Å²) in [7, 11) is -4.21. The van der Waals surface area contributed by atoms with E-state index in [0.717, 1.165) is 19.9 Å². The van der Waals surface area contributed by atoms with Gasteiger partial charge >= 0.3 is 0 Å². The molecule has 0 saturated carbocycles. The first-order valence-electron chi connectivity index (χ1n) is 14.7. The molecule has 0 bridgehead atoms. The standard InChI is InChI=1S/C35H37BrClN3O4S/c1-4-25(2)38-35(42)33(22-27-13-7-5-8-14-27)39(23-28-15-11-16-29(36)21-28)34(41)24-40(32-20-12-19-31(37)26(32)3)45(43,44)30-17-9-6-10-18-30/h5-21,25,33H,4,22-24H2,1-3H3,(H,38,42)/t25-,33+/m0/s1. The second-order valence-electron chi connectivity index (χ2n) is 10.9. The van der Waals surface area contributed by atoms with E-state index in [1.54, 1.807) is 43.3 Å². The monoisotopic (exact) mass is 709 g/mol. The quantitative estimate of drug-likeness (QED) is 0.160. The first-order valence-corrected chi connectivity index (χ1v) is 17.3. The van der Waals surface area contributed by atoms with Gasteiger partial charge in [0.05, 0.1) is 10.6 Å². The van der Waals surface area contributed by atoms with Crippen molar-refractivity contribution in [2.45, 2.75) is 57.1 Å². The maximum absolute atomic E-state index is 14.6. The van der Waals surface area contributed by atoms with E-state index in [9.17, 15) is 18.0 Å². The lowest BCUT2D eigenvalue weighted by Gasteiger charge is -2.34. The van der Waals surface area contributed by atoms with Crippen molar-refractivity contribution < 1.29 is 18.0 Å². The van der Waals surface area contributed by atoms with E-state index in [0.29, 0.717) is 17.0 Å². The molecule has 7 nitrogen and oxygen atoms in total. The summed E-state index contributed by atoms with van der Waals surface area (Å²) in [5.74, 6) is -0.845. The van der Waals surface area contributed by atoms with Crippen LogP contribution in [0.4, 0.5) is 5.69 Å². The number of carbonyl (C=O) groups excluding carboxylic acids is 2. The molecule has 4 aromatic rings. The van der Waals surface area contributed by atoms with Crippen molar-refractivity contribution in [1.82, 2.24) is 10.2 Å². The predicted molar refractivity (Wildman–Crippen MR) is 184 cm³/mol. The number of nitrogens with one attached hydrogen (secondary N) is 1. The summed E-state index contributed by atoms with van der Waals surface area (Å²) in [5.41, 5.74) is 2.45. The fourth-order valence-corrected chi connectivity index (χ4v) is 7.04. The van der Waals surface area contributed by atoms with Crippen LogP contribution in [0.2, 0.25) is 5.02 Å². The van der Waals surface area contributed by atoms with E-state index in [2.05, 4.69) is 21.2 Å². The van der Waals surface area contributed by atoms with Gasteiger partial charge in [-0.3, -0.25) is 13.9 Å². The van der Waals surface area contributed by atoms with Crippen LogP contribution >= 0.6 is 27.5 Å². The average molecular weight is 711 g/mol. The molecular formula is C35H37BrClN3O4S. The Morgan fingerprint density at radius 2 is 1.51 bits per heavy atom. The minimum atomic E-state index is -4.21. The molecule has 0 aliphatic heterocycles. The van der Waals surface area contributed by atoms with Crippen molar-refractivity contribution in [3.63, 3.8) is 0 Å². The lowest BCUT2D eigenvalue weighted by molar-refractivity contribution is -0.140. The molecule has 0 fully saturated rings. The van der Waals surface area contributed by atoms with E-state index >= 15 is 0 Å². The van der Waals surface area contributed by atoms with Crippen molar-refractivity contribution in [1.29, 1.82) is 0 Å². The predicted octanol–water partition coefficient (Wildman–Crippen LogP) is 7.16. The Labute approximate surface area is 279 Å². The number of rotatable bonds is 13. The van der Waals surface area contributed by atoms with Crippen LogP contribution in [-0.2, 0) is 32.6 Å². The van der Waals surface area contributed by atoms with E-state index < -0.39 is 28.5 Å². The van der Waals surface area contributed by atoms with Crippen molar-refractivity contribution in [2.75, 3.05) is 10.8 Å². The first kappa shape index (κ1) is 34.2. The summed E-state index contributed by atoms with van der Waals surface area (Å²) < 4.78 is 30.2. The summed E-state index contributed by atoms with van der Waals surface area (Å²) in [6.07, 6.45) is 0.949. The smallest absolute Gasteiger partial charge is 0.264 e. The highest BCUT2D eigenvalue weighted by Crippen LogP contribution is 2.31. The maximum atomic E-state index is 14.6. The van der Waals surface area contributed by atoms with Crippen LogP contribution in [0.25, 0.3) is 0 Å². The molecular weight excluding hydrogens is 674 g/mol. The number of hydrogen-bond acceptors (Lipinski definition) is 4. The van der Waals surface area contributed by atoms with E-state index in [1.165, 1.54) is 17.0 Å². The topological polar surface area (TPSA) is 86.8 Å². The second kappa shape index (κ2) is 15.6. The van der Waals surface area contributed by atoms with Crippen LogP contribution in [0.5, 0.6) is 0 Å². The molecule has 0 saturated heterocycles. The molecule has 2 atom stereocenters. The Morgan fingerprint density at radius 1 is 0.889 bits per heavy atom. The lowest BCUT2D eigenvalue weighted by atomic mass is 10.0. The van der Waals surface area contributed by atoms with Crippen LogP contribution in [0, 0.1) is 6.92 Å². The van der Waals surface area contributed by atoms with Crippen LogP contribution in [0.3, 0.4) is 0 Å². The number of halogens is 2. The van der Waals surface area contributed by atoms with Crippen molar-refractivity contribution in [2.24, 2.45) is 0 Å². The second-order valence-corrected chi connectivity index (χ2v) is 14.1. The molecule has 1 N–H and O–H groups in total. The highest BCUT2D eigenvalue weighted by molar-refractivity contribution is 9.10. The first-order chi connectivity index (χ1) is 21.5. The molecule has 0 heterocycles. The van der Waals surface area contributed by atoms with Crippen LogP contribution in [-0.4, -0.2) is 43.8 Å². The Hall–Kier alpha value is -3.66. The molecule has 10 heteroatoms. The summed E-state index contributed by atoms with van der Waals surface area (Å²) in [6.45, 7) is 5.13. The third-order valence-corrected chi connectivity index (χ3v) is 10.3. The molecule has 0 unspecified atom stereocenters. The Kier molecular flexibility index (Phi) is 11.8. The van der Waals surface area contributed by atoms with E-state index in [-0.39, 0.29) is 35.5 Å². The highest BCUT2D eigenvalue weighted by Gasteiger charge is 2.35. The summed E-state index contributed by atoms with van der Waals surface area (Å²) in [4.78, 5) is 30.0. The fourth-order valence-electron chi connectivity index (χ4n) is 4.93. The maximum Gasteiger partial charge on any atom is 0.264 e. The number of nitrogens with zero attached hydrogens (tertiary/aromatic N) is 2. The zero-order valence-electron chi connectivity index (χ0n) is 25.5. The molecule has 0 aromatic heterocycles. The molecule has 45 heavy (non-hydrogen) atoms. The number of amides is 2. The zero-order chi connectivity index (χ0) is 32.6. The zero-order valence-corrected chi connectivity index (χ0v) is 28.6. The van der Waals surface area contributed by atoms with E-state index in [4.69, 9.17) is 11.6 Å². The normalized spacial score (nSPS) is 12.6. The average Bonchev–Trinajstić information content (AvgIpc) is 3.03. The van der Waals surface area contributed by atoms with Crippen molar-refractivity contribution in [3.8, 4) is 0 Å². The SMILES string of the molecule is CC[C@H](C)NC(=O)[C@@H](Cc1ccccc1)N(Cc1cccc(Br)c1)C(=O)CN(c1cccc(Cl)c1C)S(=O)(=O)c1ccccc1. The minimum absolute atomic E-state index is 0.0334. The molecule has 2 amide bonds. The molecule has 0 spiro atoms. The van der Waals surface area contributed by atoms with Gasteiger partial charge in [0.1, 0.15) is 12.6 Å². The summed E-state index contributed by atoms with van der Waals surface area (Å²) >= 11 is 9.95. The minimum Gasteiger partial charge on any atom is -0.352 e. The van der Waals surface area contributed by atoms with Crippen molar-refractivity contribution >= 4 is 55.1 Å². The molecule has 4 rings (SSSR count). The van der Waals surface area contributed by atoms with Gasteiger partial charge in [-0.25, -0.2) is 8.42 Å². The highest BCUT2D eigenvalue weighted by atomic mass is 79.9. The van der Waals surface area contributed by atoms with Gasteiger partial charge in [0, 0.05) is 28.5 Å². The number of sulfonamides is 1. The number of hydrogen-bond donors (Lipinski definition) is 1. The summed E-state index contributed by atoms with van der Waals surface area (Å²) in [5, 5.41) is 3.42. The number of carbonyl (C=O) groups is 2. The van der Waals surface area contributed by atoms with Gasteiger partial charge in [0.15, 0.2) is 0 Å². The largest absolute Gasteiger partial charge is 0.352 e. The summed E-state index contributed by atoms with van der Waals surface area (Å²) in [6, 6.07) is 28.8. The van der Waals surface area contributed by atoms with Gasteiger partial charge in [-0.05, 0) is 73.4 Å². The van der Waals surface area contributed by atoms with Gasteiger partial charge in [0.2, 0.25) is 11.8 Å². The third kappa shape index (κ3) is 8.75. The lowest BCUT2D eigenvalue weighted by Crippen LogP contribution is -2.54. The van der Waals surface area contributed by atoms with Gasteiger partial charge in [0.25, 0.3) is 10.0 Å². The van der Waals surface area contributed by atoms with Gasteiger partial charge < -0.3 is 10.2 Å². The van der Waals surface area contributed by atoms with Gasteiger partial charge in [-0.15, -0.1) is 0 Å². The Bertz CT molecular complexity index is 1720. The van der Waals surface area contributed by atoms with E-state index in [1.807, 2.05) is 68.4 Å². The molecule has 0 aliphatic carbocycles. The third-order valence-electron chi connectivity index (χ3n) is 7.63. The van der Waals surface area contributed by atoms with Crippen molar-refractivity contribution in [3.05, 3.63) is 129 Å². The fraction of sp³-hybridized carbons (Fsp3) is 0.257. The number of benzene rings is 4.